The van der Waals surface area contributed by atoms with Gasteiger partial charge < -0.3 is 19.4 Å². The molecule has 3 aromatic rings. The van der Waals surface area contributed by atoms with Gasteiger partial charge in [-0.25, -0.2) is 14.2 Å². The SMILES string of the molecule is CCOC(=O)CNC(=O)N1CCC[C@H]1c1nc2cc(-c3ccccc3F)ccc2o1. The first-order chi connectivity index (χ1) is 14.6. The highest BCUT2D eigenvalue weighted by Crippen LogP contribution is 2.34. The van der Waals surface area contributed by atoms with E-state index in [0.29, 0.717) is 41.1 Å². The van der Waals surface area contributed by atoms with Crippen molar-refractivity contribution in [3.8, 4) is 11.1 Å². The van der Waals surface area contributed by atoms with Gasteiger partial charge in [0.2, 0.25) is 5.89 Å². The molecule has 0 spiro atoms. The fourth-order valence-electron chi connectivity index (χ4n) is 3.68. The number of hydrogen-bond donors (Lipinski definition) is 1. The summed E-state index contributed by atoms with van der Waals surface area (Å²) in [6, 6.07) is 11.2. The predicted octanol–water partition coefficient (Wildman–Crippen LogP) is 4.04. The van der Waals surface area contributed by atoms with Gasteiger partial charge >= 0.3 is 12.0 Å². The lowest BCUT2D eigenvalue weighted by Gasteiger charge is -2.22. The van der Waals surface area contributed by atoms with Gasteiger partial charge in [-0.2, -0.15) is 0 Å². The van der Waals surface area contributed by atoms with E-state index in [1.54, 1.807) is 48.2 Å². The van der Waals surface area contributed by atoms with Crippen LogP contribution in [0.2, 0.25) is 0 Å². The van der Waals surface area contributed by atoms with Crippen LogP contribution >= 0.6 is 0 Å². The second-order valence-electron chi connectivity index (χ2n) is 7.03. The number of oxazole rings is 1. The first kappa shape index (κ1) is 19.9. The van der Waals surface area contributed by atoms with Crippen LogP contribution in [0.15, 0.2) is 46.9 Å². The highest BCUT2D eigenvalue weighted by atomic mass is 19.1. The van der Waals surface area contributed by atoms with E-state index in [0.717, 1.165) is 6.42 Å². The van der Waals surface area contributed by atoms with Crippen LogP contribution in [-0.2, 0) is 9.53 Å². The molecular formula is C22H22FN3O4. The normalized spacial score (nSPS) is 16.1. The number of amides is 2. The molecule has 1 atom stereocenters. The molecule has 0 radical (unpaired) electrons. The van der Waals surface area contributed by atoms with Crippen LogP contribution in [0.5, 0.6) is 0 Å². The minimum absolute atomic E-state index is 0.185. The zero-order valence-electron chi connectivity index (χ0n) is 16.6. The Labute approximate surface area is 172 Å². The number of nitrogens with zero attached hydrogens (tertiary/aromatic N) is 2. The zero-order valence-corrected chi connectivity index (χ0v) is 16.6. The van der Waals surface area contributed by atoms with Gasteiger partial charge in [-0.05, 0) is 43.5 Å². The maximum atomic E-state index is 14.1. The van der Waals surface area contributed by atoms with E-state index >= 15 is 0 Å². The molecule has 1 saturated heterocycles. The fourth-order valence-corrected chi connectivity index (χ4v) is 3.68. The van der Waals surface area contributed by atoms with Crippen LogP contribution in [-0.4, -0.2) is 41.6 Å². The van der Waals surface area contributed by atoms with Gasteiger partial charge in [-0.3, -0.25) is 4.79 Å². The Morgan fingerprint density at radius 1 is 1.30 bits per heavy atom. The first-order valence-electron chi connectivity index (χ1n) is 9.92. The molecule has 7 nitrogen and oxygen atoms in total. The van der Waals surface area contributed by atoms with Gasteiger partial charge in [0.05, 0.1) is 6.61 Å². The Bertz CT molecular complexity index is 1080. The summed E-state index contributed by atoms with van der Waals surface area (Å²) in [4.78, 5) is 30.2. The molecule has 156 valence electrons. The topological polar surface area (TPSA) is 84.7 Å². The van der Waals surface area contributed by atoms with E-state index in [2.05, 4.69) is 10.3 Å². The summed E-state index contributed by atoms with van der Waals surface area (Å²) < 4.78 is 24.8. The summed E-state index contributed by atoms with van der Waals surface area (Å²) in [5.74, 6) is -0.357. The smallest absolute Gasteiger partial charge is 0.325 e. The summed E-state index contributed by atoms with van der Waals surface area (Å²) in [5.41, 5.74) is 2.37. The number of benzene rings is 2. The Morgan fingerprint density at radius 3 is 2.93 bits per heavy atom. The summed E-state index contributed by atoms with van der Waals surface area (Å²) in [6.45, 7) is 2.33. The molecule has 0 aliphatic carbocycles. The lowest BCUT2D eigenvalue weighted by Crippen LogP contribution is -2.42. The van der Waals surface area contributed by atoms with Crippen LogP contribution < -0.4 is 5.32 Å². The summed E-state index contributed by atoms with van der Waals surface area (Å²) >= 11 is 0. The molecule has 2 heterocycles. The lowest BCUT2D eigenvalue weighted by atomic mass is 10.0. The largest absolute Gasteiger partial charge is 0.465 e. The Hall–Kier alpha value is -3.42. The molecular weight excluding hydrogens is 389 g/mol. The van der Waals surface area contributed by atoms with Gasteiger partial charge in [0, 0.05) is 12.1 Å². The maximum absolute atomic E-state index is 14.1. The number of likely N-dealkylation sites (tertiary alicyclic amines) is 1. The fraction of sp³-hybridized carbons (Fsp3) is 0.318. The number of nitrogens with one attached hydrogen (secondary N) is 1. The number of aromatic nitrogens is 1. The highest BCUT2D eigenvalue weighted by Gasteiger charge is 2.33. The molecule has 1 aliphatic rings. The van der Waals surface area contributed by atoms with Gasteiger partial charge in [-0.1, -0.05) is 24.3 Å². The third-order valence-electron chi connectivity index (χ3n) is 5.08. The number of ether oxygens (including phenoxy) is 1. The van der Waals surface area contributed by atoms with Crippen LogP contribution in [0.4, 0.5) is 9.18 Å². The van der Waals surface area contributed by atoms with Crippen molar-refractivity contribution < 1.29 is 23.1 Å². The molecule has 30 heavy (non-hydrogen) atoms. The van der Waals surface area contributed by atoms with Crippen molar-refractivity contribution in [2.45, 2.75) is 25.8 Å². The predicted molar refractivity (Wildman–Crippen MR) is 108 cm³/mol. The van der Waals surface area contributed by atoms with Crippen molar-refractivity contribution in [1.29, 1.82) is 0 Å². The van der Waals surface area contributed by atoms with Crippen LogP contribution in [0.1, 0.15) is 31.7 Å². The summed E-state index contributed by atoms with van der Waals surface area (Å²) in [7, 11) is 0. The van der Waals surface area contributed by atoms with Crippen molar-refractivity contribution in [3.63, 3.8) is 0 Å². The number of carbonyl (C=O) groups is 2. The monoisotopic (exact) mass is 411 g/mol. The number of urea groups is 1. The van der Waals surface area contributed by atoms with E-state index in [4.69, 9.17) is 9.15 Å². The van der Waals surface area contributed by atoms with Gasteiger partial charge in [0.15, 0.2) is 5.58 Å². The molecule has 1 aromatic heterocycles. The highest BCUT2D eigenvalue weighted by molar-refractivity contribution is 5.82. The molecule has 0 saturated carbocycles. The molecule has 4 rings (SSSR count). The Kier molecular flexibility index (Phi) is 5.65. The number of carbonyl (C=O) groups excluding carboxylic acids is 2. The summed E-state index contributed by atoms with van der Waals surface area (Å²) in [6.07, 6.45) is 1.51. The zero-order chi connectivity index (χ0) is 21.1. The molecule has 0 unspecified atom stereocenters. The first-order valence-corrected chi connectivity index (χ1v) is 9.92. The lowest BCUT2D eigenvalue weighted by molar-refractivity contribution is -0.141. The average molecular weight is 411 g/mol. The number of halogens is 1. The van der Waals surface area contributed by atoms with Crippen LogP contribution in [0.25, 0.3) is 22.2 Å². The third kappa shape index (κ3) is 3.98. The molecule has 2 aromatic carbocycles. The number of rotatable bonds is 5. The third-order valence-corrected chi connectivity index (χ3v) is 5.08. The molecule has 1 fully saturated rings. The Morgan fingerprint density at radius 2 is 2.13 bits per heavy atom. The quantitative estimate of drug-likeness (QED) is 0.641. The van der Waals surface area contributed by atoms with E-state index in [1.807, 2.05) is 0 Å². The van der Waals surface area contributed by atoms with E-state index in [9.17, 15) is 14.0 Å². The van der Waals surface area contributed by atoms with Crippen molar-refractivity contribution in [2.75, 3.05) is 19.7 Å². The van der Waals surface area contributed by atoms with Crippen molar-refractivity contribution >= 4 is 23.1 Å². The van der Waals surface area contributed by atoms with Gasteiger partial charge in [-0.15, -0.1) is 0 Å². The number of hydrogen-bond acceptors (Lipinski definition) is 5. The minimum atomic E-state index is -0.482. The second kappa shape index (κ2) is 8.52. The molecule has 2 amide bonds. The van der Waals surface area contributed by atoms with E-state index in [-0.39, 0.29) is 31.0 Å². The summed E-state index contributed by atoms with van der Waals surface area (Å²) in [5, 5.41) is 2.58. The number of esters is 1. The van der Waals surface area contributed by atoms with Crippen LogP contribution in [0.3, 0.4) is 0 Å². The van der Waals surface area contributed by atoms with E-state index in [1.165, 1.54) is 6.07 Å². The van der Waals surface area contributed by atoms with Crippen molar-refractivity contribution in [1.82, 2.24) is 15.2 Å². The Balaban J connectivity index is 1.54. The molecule has 8 heteroatoms. The average Bonchev–Trinajstić information content (AvgIpc) is 3.39. The van der Waals surface area contributed by atoms with Gasteiger partial charge in [0.1, 0.15) is 23.9 Å². The standard InChI is InChI=1S/C22H22FN3O4/c1-2-29-20(27)13-24-22(28)26-11-5-8-18(26)21-25-17-12-14(9-10-19(17)30-21)15-6-3-4-7-16(15)23/h3-4,6-7,9-10,12,18H,2,5,8,11,13H2,1H3,(H,24,28)/t18-/m0/s1. The van der Waals surface area contributed by atoms with Gasteiger partial charge in [0.25, 0.3) is 0 Å². The molecule has 0 bridgehead atoms. The minimum Gasteiger partial charge on any atom is -0.465 e. The second-order valence-corrected chi connectivity index (χ2v) is 7.03. The van der Waals surface area contributed by atoms with Crippen molar-refractivity contribution in [3.05, 3.63) is 54.2 Å². The van der Waals surface area contributed by atoms with Crippen molar-refractivity contribution in [2.24, 2.45) is 0 Å². The maximum Gasteiger partial charge on any atom is 0.325 e. The van der Waals surface area contributed by atoms with E-state index < -0.39 is 5.97 Å². The van der Waals surface area contributed by atoms with Crippen LogP contribution in [0, 0.1) is 5.82 Å². The molecule has 1 N–H and O–H groups in total. The number of fused-ring (bicyclic) bond motifs is 1. The molecule has 1 aliphatic heterocycles.